The third-order valence-corrected chi connectivity index (χ3v) is 4.67. The van der Waals surface area contributed by atoms with Crippen LogP contribution in [-0.4, -0.2) is 52.3 Å². The Labute approximate surface area is 168 Å². The molecule has 4 rings (SSSR count). The van der Waals surface area contributed by atoms with Gasteiger partial charge in [-0.25, -0.2) is 15.0 Å². The second-order valence-corrected chi connectivity index (χ2v) is 6.73. The summed E-state index contributed by atoms with van der Waals surface area (Å²) in [6, 6.07) is 8.10. The van der Waals surface area contributed by atoms with Gasteiger partial charge >= 0.3 is 0 Å². The molecule has 0 aliphatic rings. The predicted octanol–water partition coefficient (Wildman–Crippen LogP) is 2.29. The number of para-hydroxylation sites is 1. The number of rotatable bonds is 6. The fraction of sp³-hybridized carbons (Fsp3) is 0.250. The number of likely N-dealkylation sites (N-methyl/N-ethyl adjacent to an activating group) is 2. The van der Waals surface area contributed by atoms with Gasteiger partial charge in [0.05, 0.1) is 11.1 Å². The SMILES string of the molecule is CNCCN(C)c1nc2c(C)cccc2cc1-c1nnc(-c2nccnc2N)o1. The van der Waals surface area contributed by atoms with Gasteiger partial charge in [-0.3, -0.25) is 0 Å². The van der Waals surface area contributed by atoms with Crippen molar-refractivity contribution in [3.8, 4) is 23.0 Å². The van der Waals surface area contributed by atoms with Gasteiger partial charge in [-0.05, 0) is 25.6 Å². The number of benzene rings is 1. The van der Waals surface area contributed by atoms with Crippen LogP contribution in [0.4, 0.5) is 11.6 Å². The predicted molar refractivity (Wildman–Crippen MR) is 112 cm³/mol. The van der Waals surface area contributed by atoms with E-state index in [9.17, 15) is 0 Å². The van der Waals surface area contributed by atoms with Crippen LogP contribution in [0.2, 0.25) is 0 Å². The van der Waals surface area contributed by atoms with Gasteiger partial charge in [0.25, 0.3) is 11.8 Å². The standard InChI is InChI=1S/C20H22N8O/c1-12-5-4-6-13-11-14(18(25-15(12)13)28(3)10-9-22-2)19-26-27-20(29-19)16-17(21)24-8-7-23-16/h4-8,11,22H,9-10H2,1-3H3,(H2,21,24). The zero-order valence-corrected chi connectivity index (χ0v) is 16.5. The van der Waals surface area contributed by atoms with Crippen molar-refractivity contribution in [2.45, 2.75) is 6.92 Å². The van der Waals surface area contributed by atoms with Gasteiger partial charge in [0.15, 0.2) is 11.5 Å². The third kappa shape index (κ3) is 3.59. The van der Waals surface area contributed by atoms with Crippen LogP contribution >= 0.6 is 0 Å². The summed E-state index contributed by atoms with van der Waals surface area (Å²) in [5.41, 5.74) is 9.06. The first kappa shape index (κ1) is 18.8. The van der Waals surface area contributed by atoms with Crippen LogP contribution in [0.5, 0.6) is 0 Å². The number of hydrogen-bond donors (Lipinski definition) is 2. The Hall–Kier alpha value is -3.59. The molecule has 9 heteroatoms. The number of nitrogen functional groups attached to an aromatic ring is 1. The largest absolute Gasteiger partial charge is 0.414 e. The number of nitrogens with two attached hydrogens (primary N) is 1. The van der Waals surface area contributed by atoms with Crippen LogP contribution < -0.4 is 16.0 Å². The molecule has 0 radical (unpaired) electrons. The molecular formula is C20H22N8O. The maximum absolute atomic E-state index is 5.92. The van der Waals surface area contributed by atoms with E-state index < -0.39 is 0 Å². The second kappa shape index (κ2) is 7.80. The number of aryl methyl sites for hydroxylation is 1. The summed E-state index contributed by atoms with van der Waals surface area (Å²) in [7, 11) is 3.91. The highest BCUT2D eigenvalue weighted by molar-refractivity contribution is 5.89. The summed E-state index contributed by atoms with van der Waals surface area (Å²) in [6.07, 6.45) is 3.05. The van der Waals surface area contributed by atoms with E-state index in [2.05, 4.69) is 30.4 Å². The molecule has 3 aromatic heterocycles. The number of nitrogens with zero attached hydrogens (tertiary/aromatic N) is 6. The molecule has 0 unspecified atom stereocenters. The van der Waals surface area contributed by atoms with Crippen LogP contribution in [0.1, 0.15) is 5.56 Å². The minimum absolute atomic E-state index is 0.221. The van der Waals surface area contributed by atoms with Gasteiger partial charge in [-0.2, -0.15) is 0 Å². The first-order chi connectivity index (χ1) is 14.1. The number of aromatic nitrogens is 5. The molecule has 148 valence electrons. The van der Waals surface area contributed by atoms with Crippen molar-refractivity contribution >= 4 is 22.5 Å². The normalized spacial score (nSPS) is 11.1. The first-order valence-electron chi connectivity index (χ1n) is 9.25. The molecule has 29 heavy (non-hydrogen) atoms. The Morgan fingerprint density at radius 2 is 1.93 bits per heavy atom. The van der Waals surface area contributed by atoms with Gasteiger partial charge in [0, 0.05) is 37.9 Å². The molecule has 9 nitrogen and oxygen atoms in total. The molecule has 0 atom stereocenters. The molecule has 3 heterocycles. The van der Waals surface area contributed by atoms with E-state index >= 15 is 0 Å². The van der Waals surface area contributed by atoms with Crippen LogP contribution in [0.3, 0.4) is 0 Å². The van der Waals surface area contributed by atoms with E-state index in [-0.39, 0.29) is 11.7 Å². The molecular weight excluding hydrogens is 368 g/mol. The third-order valence-electron chi connectivity index (χ3n) is 4.67. The maximum atomic E-state index is 5.92. The molecule has 3 N–H and O–H groups in total. The quantitative estimate of drug-likeness (QED) is 0.511. The minimum Gasteiger partial charge on any atom is -0.414 e. The Balaban J connectivity index is 1.85. The lowest BCUT2D eigenvalue weighted by atomic mass is 10.1. The molecule has 0 spiro atoms. The van der Waals surface area contributed by atoms with Crippen LogP contribution in [0.15, 0.2) is 41.1 Å². The summed E-state index contributed by atoms with van der Waals surface area (Å²) in [5.74, 6) is 1.58. The van der Waals surface area contributed by atoms with Gasteiger partial charge in [0.2, 0.25) is 0 Å². The molecule has 0 saturated heterocycles. The molecule has 0 bridgehead atoms. The van der Waals surface area contributed by atoms with E-state index in [0.29, 0.717) is 11.6 Å². The van der Waals surface area contributed by atoms with Crippen molar-refractivity contribution < 1.29 is 4.42 Å². The minimum atomic E-state index is 0.221. The summed E-state index contributed by atoms with van der Waals surface area (Å²) in [4.78, 5) is 15.2. The topological polar surface area (TPSA) is 119 Å². The zero-order chi connectivity index (χ0) is 20.4. The van der Waals surface area contributed by atoms with Gasteiger partial charge < -0.3 is 20.4 Å². The van der Waals surface area contributed by atoms with E-state index in [1.54, 1.807) is 0 Å². The zero-order valence-electron chi connectivity index (χ0n) is 16.5. The maximum Gasteiger partial charge on any atom is 0.270 e. The van der Waals surface area contributed by atoms with Crippen molar-refractivity contribution in [2.24, 2.45) is 0 Å². The molecule has 0 amide bonds. The van der Waals surface area contributed by atoms with Crippen molar-refractivity contribution in [1.29, 1.82) is 0 Å². The summed E-state index contributed by atoms with van der Waals surface area (Å²) < 4.78 is 5.92. The lowest BCUT2D eigenvalue weighted by Crippen LogP contribution is -2.28. The van der Waals surface area contributed by atoms with Gasteiger partial charge in [-0.15, -0.1) is 10.2 Å². The van der Waals surface area contributed by atoms with Crippen molar-refractivity contribution in [3.63, 3.8) is 0 Å². The lowest BCUT2D eigenvalue weighted by molar-refractivity contribution is 0.581. The summed E-state index contributed by atoms with van der Waals surface area (Å²) in [5, 5.41) is 12.5. The molecule has 1 aromatic carbocycles. The number of pyridine rings is 1. The monoisotopic (exact) mass is 390 g/mol. The fourth-order valence-electron chi connectivity index (χ4n) is 3.11. The summed E-state index contributed by atoms with van der Waals surface area (Å²) >= 11 is 0. The molecule has 0 aliphatic carbocycles. The smallest absolute Gasteiger partial charge is 0.270 e. The summed E-state index contributed by atoms with van der Waals surface area (Å²) in [6.45, 7) is 3.63. The number of nitrogens with one attached hydrogen (secondary N) is 1. The first-order valence-corrected chi connectivity index (χ1v) is 9.25. The van der Waals surface area contributed by atoms with E-state index in [0.717, 1.165) is 40.9 Å². The van der Waals surface area contributed by atoms with Gasteiger partial charge in [0.1, 0.15) is 5.82 Å². The van der Waals surface area contributed by atoms with E-state index in [1.807, 2.05) is 45.3 Å². The highest BCUT2D eigenvalue weighted by Gasteiger charge is 2.20. The van der Waals surface area contributed by atoms with Crippen LogP contribution in [-0.2, 0) is 0 Å². The van der Waals surface area contributed by atoms with Crippen molar-refractivity contribution in [3.05, 3.63) is 42.2 Å². The molecule has 0 fully saturated rings. The van der Waals surface area contributed by atoms with Crippen LogP contribution in [0, 0.1) is 6.92 Å². The second-order valence-electron chi connectivity index (χ2n) is 6.73. The number of fused-ring (bicyclic) bond motifs is 1. The van der Waals surface area contributed by atoms with Gasteiger partial charge in [-0.1, -0.05) is 18.2 Å². The van der Waals surface area contributed by atoms with Crippen molar-refractivity contribution in [1.82, 2.24) is 30.5 Å². The average molecular weight is 390 g/mol. The molecule has 0 aliphatic heterocycles. The highest BCUT2D eigenvalue weighted by atomic mass is 16.4. The molecule has 4 aromatic rings. The lowest BCUT2D eigenvalue weighted by Gasteiger charge is -2.21. The Bertz CT molecular complexity index is 1160. The number of anilines is 2. The Morgan fingerprint density at radius 1 is 1.14 bits per heavy atom. The van der Waals surface area contributed by atoms with E-state index in [4.69, 9.17) is 15.1 Å². The fourth-order valence-corrected chi connectivity index (χ4v) is 3.11. The Morgan fingerprint density at radius 3 is 2.72 bits per heavy atom. The highest BCUT2D eigenvalue weighted by Crippen LogP contribution is 2.33. The van der Waals surface area contributed by atoms with E-state index in [1.165, 1.54) is 12.4 Å². The molecule has 0 saturated carbocycles. The van der Waals surface area contributed by atoms with Crippen LogP contribution in [0.25, 0.3) is 33.9 Å². The number of hydrogen-bond acceptors (Lipinski definition) is 9. The Kier molecular flexibility index (Phi) is 5.05. The average Bonchev–Trinajstić information content (AvgIpc) is 3.21. The van der Waals surface area contributed by atoms with Crippen molar-refractivity contribution in [2.75, 3.05) is 37.8 Å².